The summed E-state index contributed by atoms with van der Waals surface area (Å²) < 4.78 is 0. The van der Waals surface area contributed by atoms with Gasteiger partial charge in [0.05, 0.1) is 5.54 Å². The Morgan fingerprint density at radius 3 is 2.09 bits per heavy atom. The fraction of sp³-hybridized carbons (Fsp3) is 0.684. The molecule has 0 amide bonds. The summed E-state index contributed by atoms with van der Waals surface area (Å²) >= 11 is 0. The van der Waals surface area contributed by atoms with Crippen LogP contribution in [0, 0.1) is 13.8 Å². The van der Waals surface area contributed by atoms with Crippen molar-refractivity contribution in [1.82, 2.24) is 0 Å². The van der Waals surface area contributed by atoms with Gasteiger partial charge in [-0.25, -0.2) is 0 Å². The topological polar surface area (TPSA) is 48.8 Å². The minimum atomic E-state index is -0.330. The molecule has 1 aromatic carbocycles. The molecule has 0 N–H and O–H groups in total. The predicted molar refractivity (Wildman–Crippen MR) is 97.6 cm³/mol. The molecular weight excluding hydrogens is 270 g/mol. The van der Waals surface area contributed by atoms with E-state index in [9.17, 15) is 0 Å². The van der Waals surface area contributed by atoms with E-state index in [2.05, 4.69) is 70.6 Å². The van der Waals surface area contributed by atoms with Gasteiger partial charge in [-0.05, 0) is 66.3 Å². The first-order valence-electron chi connectivity index (χ1n) is 8.00. The molecule has 3 heteroatoms. The van der Waals surface area contributed by atoms with Crippen LogP contribution in [-0.2, 0) is 0 Å². The van der Waals surface area contributed by atoms with Gasteiger partial charge in [0.1, 0.15) is 0 Å². The van der Waals surface area contributed by atoms with Gasteiger partial charge in [0.15, 0.2) is 0 Å². The van der Waals surface area contributed by atoms with E-state index in [4.69, 9.17) is 5.53 Å². The molecular formula is C19H33N3. The van der Waals surface area contributed by atoms with E-state index in [0.29, 0.717) is 5.92 Å². The lowest BCUT2D eigenvalue weighted by Gasteiger charge is -2.35. The van der Waals surface area contributed by atoms with Crippen LogP contribution in [0.25, 0.3) is 10.4 Å². The molecule has 1 unspecified atom stereocenters. The Bertz CT molecular complexity index is 536. The molecule has 1 aromatic rings. The zero-order valence-corrected chi connectivity index (χ0v) is 14.6. The molecule has 0 heterocycles. The van der Waals surface area contributed by atoms with E-state index in [1.165, 1.54) is 22.3 Å². The molecule has 0 radical (unpaired) electrons. The van der Waals surface area contributed by atoms with Crippen molar-refractivity contribution in [2.24, 2.45) is 5.11 Å². The molecule has 0 aromatic heterocycles. The predicted octanol–water partition coefficient (Wildman–Crippen LogP) is 7.04. The lowest BCUT2D eigenvalue weighted by Crippen LogP contribution is -2.31. The maximum atomic E-state index is 8.97. The van der Waals surface area contributed by atoms with E-state index in [-0.39, 0.29) is 18.9 Å². The number of benzene rings is 1. The Hall–Kier alpha value is -1.47. The van der Waals surface area contributed by atoms with Crippen molar-refractivity contribution in [3.63, 3.8) is 0 Å². The Kier molecular flexibility index (Phi) is 7.69. The van der Waals surface area contributed by atoms with Crippen LogP contribution in [0.1, 0.15) is 89.0 Å². The molecule has 0 saturated carbocycles. The summed E-state index contributed by atoms with van der Waals surface area (Å²) in [6.45, 7) is 15.3. The Balaban J connectivity index is 0.00000441. The summed E-state index contributed by atoms with van der Waals surface area (Å²) in [5, 5.41) is 4.19. The van der Waals surface area contributed by atoms with Crippen molar-refractivity contribution in [1.29, 1.82) is 0 Å². The maximum Gasteiger partial charge on any atom is 0.0548 e. The molecule has 124 valence electrons. The first kappa shape index (κ1) is 20.5. The number of nitrogens with zero attached hydrogens (tertiary/aromatic N) is 3. The Morgan fingerprint density at radius 1 is 1.14 bits per heavy atom. The van der Waals surface area contributed by atoms with E-state index in [1.807, 2.05) is 0 Å². The van der Waals surface area contributed by atoms with Crippen molar-refractivity contribution in [3.8, 4) is 0 Å². The maximum absolute atomic E-state index is 8.97. The molecule has 1 atom stereocenters. The highest BCUT2D eigenvalue weighted by atomic mass is 15.2. The summed E-state index contributed by atoms with van der Waals surface area (Å²) in [7, 11) is 0. The van der Waals surface area contributed by atoms with Crippen LogP contribution in [0.5, 0.6) is 0 Å². The third-order valence-electron chi connectivity index (χ3n) is 5.09. The molecule has 0 saturated heterocycles. The van der Waals surface area contributed by atoms with E-state index < -0.39 is 0 Å². The molecule has 0 bridgehead atoms. The minimum absolute atomic E-state index is 0. The van der Waals surface area contributed by atoms with Crippen LogP contribution in [0.2, 0.25) is 0 Å². The number of rotatable bonds is 6. The van der Waals surface area contributed by atoms with Crippen LogP contribution in [0.3, 0.4) is 0 Å². The lowest BCUT2D eigenvalue weighted by molar-refractivity contribution is 0.334. The van der Waals surface area contributed by atoms with Crippen LogP contribution < -0.4 is 0 Å². The molecule has 0 spiro atoms. The van der Waals surface area contributed by atoms with E-state index in [0.717, 1.165) is 12.8 Å². The largest absolute Gasteiger partial charge is 0.0867 e. The van der Waals surface area contributed by atoms with Gasteiger partial charge < -0.3 is 0 Å². The normalized spacial score (nSPS) is 12.5. The average Bonchev–Trinajstić information content (AvgIpc) is 2.44. The second-order valence-electron chi connectivity index (χ2n) is 6.39. The quantitative estimate of drug-likeness (QED) is 0.307. The number of hydrogen-bond donors (Lipinski definition) is 0. The highest BCUT2D eigenvalue weighted by Crippen LogP contribution is 2.40. The summed E-state index contributed by atoms with van der Waals surface area (Å²) in [4.78, 5) is 3.13. The monoisotopic (exact) mass is 303 g/mol. The summed E-state index contributed by atoms with van der Waals surface area (Å²) in [6.07, 6.45) is 1.72. The van der Waals surface area contributed by atoms with E-state index in [1.54, 1.807) is 0 Å². The standard InChI is InChI=1S/C18H29N3.CH4/c1-8-18(9-2,20-21-19)15(7)16-11-10-13(5)17(12(3)4)14(16)6;/h10-12,15H,8-9H2,1-7H3;1H4. The summed E-state index contributed by atoms with van der Waals surface area (Å²) in [5.74, 6) is 0.732. The molecule has 0 aliphatic heterocycles. The van der Waals surface area contributed by atoms with Crippen molar-refractivity contribution in [2.75, 3.05) is 0 Å². The van der Waals surface area contributed by atoms with Crippen molar-refractivity contribution in [3.05, 3.63) is 44.8 Å². The second kappa shape index (κ2) is 8.24. The van der Waals surface area contributed by atoms with Crippen LogP contribution in [0.15, 0.2) is 17.2 Å². The Morgan fingerprint density at radius 2 is 1.68 bits per heavy atom. The molecule has 0 aliphatic carbocycles. The Labute approximate surface area is 136 Å². The number of hydrogen-bond acceptors (Lipinski definition) is 1. The second-order valence-corrected chi connectivity index (χ2v) is 6.39. The number of azide groups is 1. The van der Waals surface area contributed by atoms with Crippen LogP contribution in [-0.4, -0.2) is 5.54 Å². The molecule has 0 aliphatic rings. The van der Waals surface area contributed by atoms with Crippen molar-refractivity contribution >= 4 is 0 Å². The van der Waals surface area contributed by atoms with Gasteiger partial charge in [-0.2, -0.15) is 0 Å². The van der Waals surface area contributed by atoms with Gasteiger partial charge >= 0.3 is 0 Å². The molecule has 0 fully saturated rings. The molecule has 1 rings (SSSR count). The smallest absolute Gasteiger partial charge is 0.0548 e. The third kappa shape index (κ3) is 3.64. The van der Waals surface area contributed by atoms with Crippen molar-refractivity contribution in [2.45, 2.75) is 86.1 Å². The average molecular weight is 303 g/mol. The number of aryl methyl sites for hydroxylation is 1. The minimum Gasteiger partial charge on any atom is -0.0867 e. The first-order chi connectivity index (χ1) is 9.84. The van der Waals surface area contributed by atoms with Gasteiger partial charge in [-0.1, -0.05) is 59.3 Å². The lowest BCUT2D eigenvalue weighted by atomic mass is 9.74. The SMILES string of the molecule is C.CCC(CC)(N=[N+]=[N-])C(C)c1ccc(C)c(C(C)C)c1C. The van der Waals surface area contributed by atoms with Gasteiger partial charge in [0.2, 0.25) is 0 Å². The van der Waals surface area contributed by atoms with Crippen LogP contribution >= 0.6 is 0 Å². The van der Waals surface area contributed by atoms with Gasteiger partial charge in [0.25, 0.3) is 0 Å². The highest BCUT2D eigenvalue weighted by molar-refractivity contribution is 5.44. The van der Waals surface area contributed by atoms with Gasteiger partial charge in [0, 0.05) is 4.91 Å². The molecule has 3 nitrogen and oxygen atoms in total. The van der Waals surface area contributed by atoms with Gasteiger partial charge in [-0.15, -0.1) is 0 Å². The summed E-state index contributed by atoms with van der Waals surface area (Å²) in [6, 6.07) is 4.43. The fourth-order valence-corrected chi connectivity index (χ4v) is 3.71. The highest BCUT2D eigenvalue weighted by Gasteiger charge is 2.34. The zero-order valence-electron chi connectivity index (χ0n) is 14.6. The van der Waals surface area contributed by atoms with E-state index >= 15 is 0 Å². The first-order valence-corrected chi connectivity index (χ1v) is 8.00. The fourth-order valence-electron chi connectivity index (χ4n) is 3.71. The summed E-state index contributed by atoms with van der Waals surface area (Å²) in [5.41, 5.74) is 14.1. The van der Waals surface area contributed by atoms with Crippen molar-refractivity contribution < 1.29 is 0 Å². The molecule has 22 heavy (non-hydrogen) atoms. The van der Waals surface area contributed by atoms with Gasteiger partial charge in [-0.3, -0.25) is 0 Å². The zero-order chi connectivity index (χ0) is 16.2. The third-order valence-corrected chi connectivity index (χ3v) is 5.09. The van der Waals surface area contributed by atoms with Crippen LogP contribution in [0.4, 0.5) is 0 Å².